The maximum absolute atomic E-state index is 5.53. The summed E-state index contributed by atoms with van der Waals surface area (Å²) >= 11 is 0. The third-order valence-corrected chi connectivity index (χ3v) is 2.99. The van der Waals surface area contributed by atoms with Crippen molar-refractivity contribution in [1.29, 1.82) is 0 Å². The van der Waals surface area contributed by atoms with E-state index in [9.17, 15) is 0 Å². The van der Waals surface area contributed by atoms with Crippen LogP contribution in [0.2, 0.25) is 0 Å². The van der Waals surface area contributed by atoms with Crippen LogP contribution in [0.25, 0.3) is 0 Å². The van der Waals surface area contributed by atoms with Crippen molar-refractivity contribution in [2.75, 3.05) is 0 Å². The first-order valence-electron chi connectivity index (χ1n) is 5.58. The molecular weight excluding hydrogens is 186 g/mol. The van der Waals surface area contributed by atoms with Gasteiger partial charge in [0.25, 0.3) is 0 Å². The molecule has 1 aromatic heterocycles. The molecule has 0 N–H and O–H groups in total. The Hall–Kier alpha value is -0.790. The van der Waals surface area contributed by atoms with Crippen molar-refractivity contribution in [3.8, 4) is 0 Å². The second kappa shape index (κ2) is 3.66. The van der Waals surface area contributed by atoms with Crippen molar-refractivity contribution < 1.29 is 4.42 Å². The van der Waals surface area contributed by atoms with Gasteiger partial charge in [0.2, 0.25) is 0 Å². The van der Waals surface area contributed by atoms with Crippen molar-refractivity contribution in [1.82, 2.24) is 4.98 Å². The summed E-state index contributed by atoms with van der Waals surface area (Å²) in [6.07, 6.45) is 1.57. The minimum Gasteiger partial charge on any atom is -0.448 e. The molecule has 0 fully saturated rings. The lowest BCUT2D eigenvalue weighted by Crippen LogP contribution is -2.21. The number of oxazole rings is 1. The molecule has 1 unspecified atom stereocenters. The van der Waals surface area contributed by atoms with Gasteiger partial charge in [-0.1, -0.05) is 48.5 Å². The van der Waals surface area contributed by atoms with E-state index in [-0.39, 0.29) is 10.8 Å². The zero-order valence-corrected chi connectivity index (χ0v) is 11.0. The third kappa shape index (κ3) is 2.61. The molecule has 15 heavy (non-hydrogen) atoms. The number of aromatic nitrogens is 1. The topological polar surface area (TPSA) is 26.0 Å². The first-order valence-corrected chi connectivity index (χ1v) is 5.58. The van der Waals surface area contributed by atoms with Gasteiger partial charge in [0, 0.05) is 11.3 Å². The lowest BCUT2D eigenvalue weighted by molar-refractivity contribution is 0.321. The van der Waals surface area contributed by atoms with Gasteiger partial charge in [-0.2, -0.15) is 0 Å². The molecule has 1 heterocycles. The first-order chi connectivity index (χ1) is 6.64. The Morgan fingerprint density at radius 3 is 2.07 bits per heavy atom. The molecule has 2 nitrogen and oxygen atoms in total. The molecule has 0 amide bonds. The Kier molecular flexibility index (Phi) is 2.99. The average molecular weight is 209 g/mol. The highest BCUT2D eigenvalue weighted by Crippen LogP contribution is 2.38. The van der Waals surface area contributed by atoms with Gasteiger partial charge in [-0.25, -0.2) is 4.98 Å². The van der Waals surface area contributed by atoms with Gasteiger partial charge >= 0.3 is 0 Å². The molecule has 2 heteroatoms. The largest absolute Gasteiger partial charge is 0.448 e. The van der Waals surface area contributed by atoms with E-state index in [0.29, 0.717) is 5.92 Å². The normalized spacial score (nSPS) is 15.4. The van der Waals surface area contributed by atoms with Crippen LogP contribution in [0.3, 0.4) is 0 Å². The molecule has 0 aliphatic carbocycles. The second-order valence-electron chi connectivity index (χ2n) is 6.40. The molecule has 86 valence electrons. The third-order valence-electron chi connectivity index (χ3n) is 2.99. The van der Waals surface area contributed by atoms with E-state index in [2.05, 4.69) is 53.5 Å². The smallest absolute Gasteiger partial charge is 0.181 e. The van der Waals surface area contributed by atoms with Gasteiger partial charge in [-0.05, 0) is 5.41 Å². The Bertz CT molecular complexity index is 325. The van der Waals surface area contributed by atoms with E-state index in [1.54, 1.807) is 6.39 Å². The molecule has 1 aromatic rings. The van der Waals surface area contributed by atoms with Crippen LogP contribution in [0.15, 0.2) is 10.8 Å². The summed E-state index contributed by atoms with van der Waals surface area (Å²) < 4.78 is 5.53. The molecule has 0 bridgehead atoms. The molecule has 1 atom stereocenters. The van der Waals surface area contributed by atoms with Crippen LogP contribution < -0.4 is 0 Å². The summed E-state index contributed by atoms with van der Waals surface area (Å²) in [5.41, 5.74) is 1.36. The maximum atomic E-state index is 5.53. The van der Waals surface area contributed by atoms with E-state index in [1.165, 1.54) is 0 Å². The maximum Gasteiger partial charge on any atom is 0.181 e. The molecule has 0 aliphatic heterocycles. The summed E-state index contributed by atoms with van der Waals surface area (Å²) in [5.74, 6) is 1.43. The van der Waals surface area contributed by atoms with Crippen LogP contribution in [0, 0.1) is 5.41 Å². The highest BCUT2D eigenvalue weighted by atomic mass is 16.3. The zero-order valence-electron chi connectivity index (χ0n) is 11.0. The van der Waals surface area contributed by atoms with E-state index < -0.39 is 0 Å². The Morgan fingerprint density at radius 2 is 1.67 bits per heavy atom. The van der Waals surface area contributed by atoms with Crippen LogP contribution in [0.4, 0.5) is 0 Å². The van der Waals surface area contributed by atoms with Crippen LogP contribution >= 0.6 is 0 Å². The van der Waals surface area contributed by atoms with Gasteiger partial charge < -0.3 is 4.42 Å². The van der Waals surface area contributed by atoms with Crippen LogP contribution in [-0.2, 0) is 5.41 Å². The molecular formula is C13H23NO. The highest BCUT2D eigenvalue weighted by molar-refractivity contribution is 5.21. The Morgan fingerprint density at radius 1 is 1.13 bits per heavy atom. The Balaban J connectivity index is 3.12. The summed E-state index contributed by atoms with van der Waals surface area (Å²) in [5, 5.41) is 0. The van der Waals surface area contributed by atoms with Crippen molar-refractivity contribution in [2.24, 2.45) is 5.41 Å². The van der Waals surface area contributed by atoms with Gasteiger partial charge in [0.1, 0.15) is 5.76 Å². The molecule has 0 saturated carbocycles. The Labute approximate surface area is 93.1 Å². The van der Waals surface area contributed by atoms with Crippen LogP contribution in [0.5, 0.6) is 0 Å². The fourth-order valence-electron chi connectivity index (χ4n) is 1.53. The SMILES string of the molecule is CC(c1ncoc1C(C)(C)C)C(C)(C)C. The summed E-state index contributed by atoms with van der Waals surface area (Å²) in [6, 6.07) is 0. The van der Waals surface area contributed by atoms with E-state index >= 15 is 0 Å². The van der Waals surface area contributed by atoms with E-state index in [4.69, 9.17) is 4.42 Å². The minimum atomic E-state index is 0.0331. The molecule has 0 radical (unpaired) electrons. The first kappa shape index (κ1) is 12.3. The number of hydrogen-bond acceptors (Lipinski definition) is 2. The molecule has 0 aromatic carbocycles. The summed E-state index contributed by atoms with van der Waals surface area (Å²) in [7, 11) is 0. The number of rotatable bonds is 1. The standard InChI is InChI=1S/C13H23NO/c1-9(12(2,3)4)10-11(13(5,6)7)15-8-14-10/h8-9H,1-7H3. The minimum absolute atomic E-state index is 0.0331. The number of hydrogen-bond donors (Lipinski definition) is 0. The highest BCUT2D eigenvalue weighted by Gasteiger charge is 2.31. The van der Waals surface area contributed by atoms with Gasteiger partial charge in [-0.3, -0.25) is 0 Å². The lowest BCUT2D eigenvalue weighted by Gasteiger charge is -2.28. The van der Waals surface area contributed by atoms with E-state index in [0.717, 1.165) is 11.5 Å². The monoisotopic (exact) mass is 209 g/mol. The van der Waals surface area contributed by atoms with Crippen molar-refractivity contribution in [3.63, 3.8) is 0 Å². The van der Waals surface area contributed by atoms with E-state index in [1.807, 2.05) is 0 Å². The molecule has 0 spiro atoms. The fourth-order valence-corrected chi connectivity index (χ4v) is 1.53. The van der Waals surface area contributed by atoms with Gasteiger partial charge in [0.05, 0.1) is 5.69 Å². The predicted molar refractivity (Wildman–Crippen MR) is 63.1 cm³/mol. The van der Waals surface area contributed by atoms with Crippen molar-refractivity contribution in [3.05, 3.63) is 17.8 Å². The zero-order chi connectivity index (χ0) is 11.9. The number of nitrogens with zero attached hydrogens (tertiary/aromatic N) is 1. The van der Waals surface area contributed by atoms with Crippen molar-refractivity contribution >= 4 is 0 Å². The summed E-state index contributed by atoms with van der Waals surface area (Å²) in [6.45, 7) is 15.4. The second-order valence-corrected chi connectivity index (χ2v) is 6.40. The molecule has 1 rings (SSSR count). The fraction of sp³-hybridized carbons (Fsp3) is 0.769. The van der Waals surface area contributed by atoms with Crippen molar-refractivity contribution in [2.45, 2.75) is 59.8 Å². The quantitative estimate of drug-likeness (QED) is 0.695. The summed E-state index contributed by atoms with van der Waals surface area (Å²) in [4.78, 5) is 4.38. The molecule has 0 saturated heterocycles. The van der Waals surface area contributed by atoms with Gasteiger partial charge in [0.15, 0.2) is 6.39 Å². The van der Waals surface area contributed by atoms with Gasteiger partial charge in [-0.15, -0.1) is 0 Å². The van der Waals surface area contributed by atoms with Crippen LogP contribution in [-0.4, -0.2) is 4.98 Å². The lowest BCUT2D eigenvalue weighted by atomic mass is 9.77. The predicted octanol–water partition coefficient (Wildman–Crippen LogP) is 4.12. The molecule has 0 aliphatic rings. The average Bonchev–Trinajstić information content (AvgIpc) is 2.47. The van der Waals surface area contributed by atoms with Crippen LogP contribution in [0.1, 0.15) is 65.8 Å².